The fraction of sp³-hybridized carbons (Fsp3) is 0.556. The van der Waals surface area contributed by atoms with E-state index in [1.165, 1.54) is 0 Å². The number of hydrogen-bond donors (Lipinski definition) is 3. The summed E-state index contributed by atoms with van der Waals surface area (Å²) in [7, 11) is 0. The summed E-state index contributed by atoms with van der Waals surface area (Å²) in [4.78, 5) is 21.8. The summed E-state index contributed by atoms with van der Waals surface area (Å²) in [6.07, 6.45) is 1.41. The molecule has 4 N–H and O–H groups in total. The van der Waals surface area contributed by atoms with E-state index >= 15 is 0 Å². The molecule has 1 rings (SSSR count). The number of nitrogens with one attached hydrogen (secondary N) is 1. The van der Waals surface area contributed by atoms with Gasteiger partial charge in [0.25, 0.3) is 5.56 Å². The van der Waals surface area contributed by atoms with Gasteiger partial charge in [0, 0.05) is 12.8 Å². The molecule has 0 aliphatic carbocycles. The molecule has 1 aromatic heterocycles. The van der Waals surface area contributed by atoms with Gasteiger partial charge < -0.3 is 15.4 Å². The van der Waals surface area contributed by atoms with E-state index in [4.69, 9.17) is 15.4 Å². The molecule has 6 heteroatoms. The highest BCUT2D eigenvalue weighted by atomic mass is 16.5. The second-order valence-electron chi connectivity index (χ2n) is 3.33. The van der Waals surface area contributed by atoms with Crippen molar-refractivity contribution in [3.63, 3.8) is 0 Å². The van der Waals surface area contributed by atoms with Gasteiger partial charge in [0.05, 0.1) is 5.56 Å². The molecule has 0 saturated heterocycles. The monoisotopic (exact) mass is 214 g/mol. The number of aliphatic carboxylic acids is 1. The lowest BCUT2D eigenvalue weighted by Gasteiger charge is -2.03. The van der Waals surface area contributed by atoms with E-state index in [9.17, 15) is 9.59 Å². The van der Waals surface area contributed by atoms with Crippen LogP contribution in [0.5, 0.6) is 0 Å². The predicted molar refractivity (Wildman–Crippen MR) is 52.6 cm³/mol. The van der Waals surface area contributed by atoms with E-state index < -0.39 is 17.6 Å². The number of aryl methyl sites for hydroxylation is 1. The zero-order valence-electron chi connectivity index (χ0n) is 8.45. The number of H-pyrrole nitrogens is 1. The van der Waals surface area contributed by atoms with Crippen molar-refractivity contribution in [3.05, 3.63) is 21.7 Å². The number of hydrogen-bond acceptors (Lipinski definition) is 4. The first-order valence-electron chi connectivity index (χ1n) is 4.73. The molecule has 1 heterocycles. The van der Waals surface area contributed by atoms with Crippen LogP contribution >= 0.6 is 0 Å². The highest BCUT2D eigenvalue weighted by Gasteiger charge is 2.19. The third-order valence-corrected chi connectivity index (χ3v) is 2.10. The maximum atomic E-state index is 11.3. The van der Waals surface area contributed by atoms with Crippen LogP contribution in [0.3, 0.4) is 0 Å². The van der Waals surface area contributed by atoms with Crippen molar-refractivity contribution in [1.29, 1.82) is 0 Å². The molecule has 0 fully saturated rings. The van der Waals surface area contributed by atoms with E-state index in [1.807, 2.05) is 6.92 Å². The van der Waals surface area contributed by atoms with Crippen molar-refractivity contribution in [2.75, 3.05) is 0 Å². The number of carboxylic acid groups (broad SMARTS) is 1. The molecule has 0 radical (unpaired) electrons. The fourth-order valence-corrected chi connectivity index (χ4v) is 1.30. The first kappa shape index (κ1) is 11.5. The number of aromatic amines is 1. The van der Waals surface area contributed by atoms with Gasteiger partial charge in [0.15, 0.2) is 0 Å². The van der Waals surface area contributed by atoms with Crippen LogP contribution in [0, 0.1) is 0 Å². The van der Waals surface area contributed by atoms with E-state index in [0.717, 1.165) is 6.42 Å². The van der Waals surface area contributed by atoms with Gasteiger partial charge in [0.1, 0.15) is 11.8 Å². The Balaban J connectivity index is 2.87. The maximum Gasteiger partial charge on any atom is 0.320 e. The van der Waals surface area contributed by atoms with Gasteiger partial charge >= 0.3 is 5.97 Å². The SMILES string of the molecule is CCCc1o[nH]c(=O)c1C[C@@H](N)C(=O)O. The molecule has 0 spiro atoms. The standard InChI is InChI=1S/C9H14N2O4/c1-2-3-7-5(8(12)11-15-7)4-6(10)9(13)14/h6H,2-4,10H2,1H3,(H,11,12)(H,13,14)/t6-/m1/s1. The van der Waals surface area contributed by atoms with Crippen molar-refractivity contribution in [3.8, 4) is 0 Å². The van der Waals surface area contributed by atoms with Crippen LogP contribution in [0.1, 0.15) is 24.7 Å². The molecule has 0 aliphatic rings. The Bertz CT molecular complexity index is 393. The lowest BCUT2D eigenvalue weighted by molar-refractivity contribution is -0.138. The zero-order valence-corrected chi connectivity index (χ0v) is 8.45. The van der Waals surface area contributed by atoms with Gasteiger partial charge in [-0.1, -0.05) is 6.92 Å². The molecule has 6 nitrogen and oxygen atoms in total. The van der Waals surface area contributed by atoms with E-state index in [1.54, 1.807) is 0 Å². The third kappa shape index (κ3) is 2.69. The highest BCUT2D eigenvalue weighted by Crippen LogP contribution is 2.08. The Morgan fingerprint density at radius 1 is 1.67 bits per heavy atom. The number of carbonyl (C=O) groups is 1. The summed E-state index contributed by atoms with van der Waals surface area (Å²) >= 11 is 0. The smallest absolute Gasteiger partial charge is 0.320 e. The van der Waals surface area contributed by atoms with Crippen LogP contribution in [-0.2, 0) is 17.6 Å². The van der Waals surface area contributed by atoms with Gasteiger partial charge in [-0.25, -0.2) is 0 Å². The van der Waals surface area contributed by atoms with Gasteiger partial charge in [-0.05, 0) is 6.42 Å². The minimum Gasteiger partial charge on any atom is -0.480 e. The highest BCUT2D eigenvalue weighted by molar-refractivity contribution is 5.73. The lowest BCUT2D eigenvalue weighted by Crippen LogP contribution is -2.34. The van der Waals surface area contributed by atoms with Crippen LogP contribution in [0.25, 0.3) is 0 Å². The van der Waals surface area contributed by atoms with Crippen molar-refractivity contribution in [1.82, 2.24) is 5.16 Å². The van der Waals surface area contributed by atoms with Crippen LogP contribution < -0.4 is 11.3 Å². The van der Waals surface area contributed by atoms with Crippen molar-refractivity contribution in [2.24, 2.45) is 5.73 Å². The number of aromatic nitrogens is 1. The molecule has 0 aromatic carbocycles. The van der Waals surface area contributed by atoms with Crippen molar-refractivity contribution < 1.29 is 14.4 Å². The minimum atomic E-state index is -1.13. The van der Waals surface area contributed by atoms with E-state index in [-0.39, 0.29) is 6.42 Å². The largest absolute Gasteiger partial charge is 0.480 e. The van der Waals surface area contributed by atoms with Crippen LogP contribution in [0.15, 0.2) is 9.32 Å². The second-order valence-corrected chi connectivity index (χ2v) is 3.33. The summed E-state index contributed by atoms with van der Waals surface area (Å²) < 4.78 is 4.93. The molecule has 0 unspecified atom stereocenters. The predicted octanol–water partition coefficient (Wildman–Crippen LogP) is -0.125. The van der Waals surface area contributed by atoms with E-state index in [2.05, 4.69) is 5.16 Å². The Hall–Kier alpha value is -1.56. The molecule has 15 heavy (non-hydrogen) atoms. The van der Waals surface area contributed by atoms with Gasteiger partial charge in [-0.2, -0.15) is 5.16 Å². The van der Waals surface area contributed by atoms with Crippen LogP contribution in [-0.4, -0.2) is 22.3 Å². The molecule has 0 amide bonds. The molecule has 1 aromatic rings. The maximum absolute atomic E-state index is 11.3. The van der Waals surface area contributed by atoms with Crippen molar-refractivity contribution in [2.45, 2.75) is 32.2 Å². The average Bonchev–Trinajstić information content (AvgIpc) is 2.50. The fourth-order valence-electron chi connectivity index (χ4n) is 1.30. The Morgan fingerprint density at radius 3 is 2.87 bits per heavy atom. The number of rotatable bonds is 5. The van der Waals surface area contributed by atoms with Gasteiger partial charge in [-0.3, -0.25) is 9.59 Å². The molecular weight excluding hydrogens is 200 g/mol. The number of carboxylic acids is 1. The lowest BCUT2D eigenvalue weighted by atomic mass is 10.1. The Morgan fingerprint density at radius 2 is 2.33 bits per heavy atom. The van der Waals surface area contributed by atoms with Gasteiger partial charge in [0.2, 0.25) is 0 Å². The first-order valence-corrected chi connectivity index (χ1v) is 4.73. The molecule has 0 aliphatic heterocycles. The summed E-state index contributed by atoms with van der Waals surface area (Å²) in [5.74, 6) is -0.628. The van der Waals surface area contributed by atoms with Crippen molar-refractivity contribution >= 4 is 5.97 Å². The molecule has 1 atom stereocenters. The summed E-state index contributed by atoms with van der Waals surface area (Å²) in [6.45, 7) is 1.94. The van der Waals surface area contributed by atoms with E-state index in [0.29, 0.717) is 17.7 Å². The third-order valence-electron chi connectivity index (χ3n) is 2.10. The summed E-state index contributed by atoms with van der Waals surface area (Å²) in [6, 6.07) is -1.07. The second kappa shape index (κ2) is 4.79. The summed E-state index contributed by atoms with van der Waals surface area (Å²) in [5, 5.41) is 10.8. The molecule has 0 saturated carbocycles. The quantitative estimate of drug-likeness (QED) is 0.632. The normalized spacial score (nSPS) is 12.7. The first-order chi connectivity index (χ1) is 7.06. The van der Waals surface area contributed by atoms with Crippen LogP contribution in [0.2, 0.25) is 0 Å². The Labute approximate surface area is 86.0 Å². The van der Waals surface area contributed by atoms with Gasteiger partial charge in [-0.15, -0.1) is 0 Å². The molecular formula is C9H14N2O4. The minimum absolute atomic E-state index is 0.00347. The zero-order chi connectivity index (χ0) is 11.4. The average molecular weight is 214 g/mol. The molecule has 84 valence electrons. The Kier molecular flexibility index (Phi) is 3.68. The molecule has 0 bridgehead atoms. The summed E-state index contributed by atoms with van der Waals surface area (Å²) in [5.41, 5.74) is 5.29. The number of nitrogens with two attached hydrogens (primary N) is 1. The topological polar surface area (TPSA) is 109 Å². The van der Waals surface area contributed by atoms with Crippen LogP contribution in [0.4, 0.5) is 0 Å².